The van der Waals surface area contributed by atoms with Gasteiger partial charge in [-0.3, -0.25) is 4.79 Å². The maximum absolute atomic E-state index is 14.1. The number of carbonyl (C=O) groups is 2. The maximum Gasteiger partial charge on any atom is 0.349 e. The number of benzene rings is 1. The Morgan fingerprint density at radius 1 is 1.30 bits per heavy atom. The molecule has 1 amide bonds. The standard InChI is InChI=1S/C13H12ClF2NO3/c14-9-5-3-8(4-6-9)13(15,16)12(20)17-7-1-2-10(17)11(18)19/h3-6,10H,1-2,7H2,(H,18,19). The zero-order chi connectivity index (χ0) is 14.9. The molecule has 0 aromatic heterocycles. The molecule has 1 aliphatic rings. The molecule has 1 fully saturated rings. The van der Waals surface area contributed by atoms with Crippen LogP contribution in [-0.2, 0) is 15.5 Å². The predicted octanol–water partition coefficient (Wildman–Crippen LogP) is 2.51. The Morgan fingerprint density at radius 3 is 2.45 bits per heavy atom. The predicted molar refractivity (Wildman–Crippen MR) is 67.7 cm³/mol. The van der Waals surface area contributed by atoms with E-state index in [1.807, 2.05) is 0 Å². The Bertz CT molecular complexity index is 533. The summed E-state index contributed by atoms with van der Waals surface area (Å²) in [5.74, 6) is -6.50. The van der Waals surface area contributed by atoms with E-state index in [0.29, 0.717) is 6.42 Å². The molecule has 1 atom stereocenters. The Hall–Kier alpha value is -1.69. The second-order valence-electron chi connectivity index (χ2n) is 4.58. The highest BCUT2D eigenvalue weighted by Crippen LogP contribution is 2.33. The van der Waals surface area contributed by atoms with Crippen molar-refractivity contribution < 1.29 is 23.5 Å². The molecule has 0 spiro atoms. The molecule has 1 aliphatic heterocycles. The largest absolute Gasteiger partial charge is 0.480 e. The average molecular weight is 304 g/mol. The number of alkyl halides is 2. The van der Waals surface area contributed by atoms with Crippen LogP contribution in [0, 0.1) is 0 Å². The molecule has 1 heterocycles. The van der Waals surface area contributed by atoms with E-state index < -0.39 is 29.4 Å². The van der Waals surface area contributed by atoms with Crippen molar-refractivity contribution in [1.82, 2.24) is 4.90 Å². The van der Waals surface area contributed by atoms with Crippen molar-refractivity contribution in [1.29, 1.82) is 0 Å². The highest BCUT2D eigenvalue weighted by molar-refractivity contribution is 6.30. The topological polar surface area (TPSA) is 57.6 Å². The minimum Gasteiger partial charge on any atom is -0.480 e. The Balaban J connectivity index is 2.26. The number of aliphatic carboxylic acids is 1. The van der Waals surface area contributed by atoms with Crippen LogP contribution in [0.3, 0.4) is 0 Å². The molecule has 7 heteroatoms. The van der Waals surface area contributed by atoms with Gasteiger partial charge in [-0.05, 0) is 25.0 Å². The molecular weight excluding hydrogens is 292 g/mol. The third kappa shape index (κ3) is 2.60. The second kappa shape index (κ2) is 5.36. The summed E-state index contributed by atoms with van der Waals surface area (Å²) in [6.07, 6.45) is 0.594. The van der Waals surface area contributed by atoms with Gasteiger partial charge in [0.2, 0.25) is 0 Å². The molecule has 0 aliphatic carbocycles. The Morgan fingerprint density at radius 2 is 1.90 bits per heavy atom. The van der Waals surface area contributed by atoms with E-state index in [2.05, 4.69) is 0 Å². The summed E-state index contributed by atoms with van der Waals surface area (Å²) in [5, 5.41) is 9.23. The first kappa shape index (κ1) is 14.7. The number of carbonyl (C=O) groups excluding carboxylic acids is 1. The quantitative estimate of drug-likeness (QED) is 0.933. The lowest BCUT2D eigenvalue weighted by Crippen LogP contribution is -2.47. The molecule has 0 bridgehead atoms. The average Bonchev–Trinajstić information content (AvgIpc) is 2.87. The lowest BCUT2D eigenvalue weighted by atomic mass is 10.1. The summed E-state index contributed by atoms with van der Waals surface area (Å²) in [7, 11) is 0. The van der Waals surface area contributed by atoms with E-state index in [4.69, 9.17) is 16.7 Å². The summed E-state index contributed by atoms with van der Waals surface area (Å²) in [4.78, 5) is 23.6. The van der Waals surface area contributed by atoms with E-state index in [-0.39, 0.29) is 18.0 Å². The highest BCUT2D eigenvalue weighted by Gasteiger charge is 2.48. The van der Waals surface area contributed by atoms with Gasteiger partial charge in [-0.2, -0.15) is 8.78 Å². The molecule has 1 saturated heterocycles. The first-order chi connectivity index (χ1) is 9.34. The van der Waals surface area contributed by atoms with Gasteiger partial charge in [0.25, 0.3) is 5.91 Å². The van der Waals surface area contributed by atoms with Crippen molar-refractivity contribution >= 4 is 23.5 Å². The van der Waals surface area contributed by atoms with E-state index in [1.165, 1.54) is 12.1 Å². The second-order valence-corrected chi connectivity index (χ2v) is 5.01. The molecule has 2 rings (SSSR count). The van der Waals surface area contributed by atoms with E-state index >= 15 is 0 Å². The molecule has 1 unspecified atom stereocenters. The minimum absolute atomic E-state index is 0.0268. The van der Waals surface area contributed by atoms with Crippen molar-refractivity contribution in [2.45, 2.75) is 24.8 Å². The van der Waals surface area contributed by atoms with Crippen LogP contribution in [0.4, 0.5) is 8.78 Å². The molecule has 108 valence electrons. The van der Waals surface area contributed by atoms with Gasteiger partial charge in [0.1, 0.15) is 6.04 Å². The lowest BCUT2D eigenvalue weighted by molar-refractivity contribution is -0.164. The van der Waals surface area contributed by atoms with Crippen LogP contribution in [0.5, 0.6) is 0 Å². The van der Waals surface area contributed by atoms with Crippen molar-refractivity contribution in [3.05, 3.63) is 34.9 Å². The first-order valence-corrected chi connectivity index (χ1v) is 6.39. The number of hydrogen-bond acceptors (Lipinski definition) is 2. The lowest BCUT2D eigenvalue weighted by Gasteiger charge is -2.26. The zero-order valence-electron chi connectivity index (χ0n) is 10.4. The van der Waals surface area contributed by atoms with Crippen molar-refractivity contribution in [3.8, 4) is 0 Å². The van der Waals surface area contributed by atoms with Gasteiger partial charge in [-0.1, -0.05) is 23.7 Å². The number of halogens is 3. The monoisotopic (exact) mass is 303 g/mol. The molecule has 1 aromatic rings. The number of amides is 1. The number of hydrogen-bond donors (Lipinski definition) is 1. The summed E-state index contributed by atoms with van der Waals surface area (Å²) < 4.78 is 28.3. The smallest absolute Gasteiger partial charge is 0.349 e. The highest BCUT2D eigenvalue weighted by atomic mass is 35.5. The molecule has 1 N–H and O–H groups in total. The Labute approximate surface area is 118 Å². The summed E-state index contributed by atoms with van der Waals surface area (Å²) in [6.45, 7) is 0.0268. The SMILES string of the molecule is O=C(O)C1CCCN1C(=O)C(F)(F)c1ccc(Cl)cc1. The summed E-state index contributed by atoms with van der Waals surface area (Å²) in [5.41, 5.74) is -0.497. The van der Waals surface area contributed by atoms with Gasteiger partial charge in [0.15, 0.2) is 0 Å². The summed E-state index contributed by atoms with van der Waals surface area (Å²) >= 11 is 5.62. The fraction of sp³-hybridized carbons (Fsp3) is 0.385. The number of likely N-dealkylation sites (tertiary alicyclic amines) is 1. The van der Waals surface area contributed by atoms with Gasteiger partial charge in [-0.15, -0.1) is 0 Å². The fourth-order valence-corrected chi connectivity index (χ4v) is 2.36. The molecule has 4 nitrogen and oxygen atoms in total. The molecule has 0 saturated carbocycles. The van der Waals surface area contributed by atoms with Gasteiger partial charge in [0.05, 0.1) is 0 Å². The van der Waals surface area contributed by atoms with Crippen molar-refractivity contribution in [2.75, 3.05) is 6.54 Å². The number of rotatable bonds is 3. The van der Waals surface area contributed by atoms with Gasteiger partial charge < -0.3 is 10.0 Å². The van der Waals surface area contributed by atoms with E-state index in [1.54, 1.807) is 0 Å². The van der Waals surface area contributed by atoms with Crippen LogP contribution in [0.25, 0.3) is 0 Å². The number of nitrogens with zero attached hydrogens (tertiary/aromatic N) is 1. The van der Waals surface area contributed by atoms with Crippen molar-refractivity contribution in [2.24, 2.45) is 0 Å². The van der Waals surface area contributed by atoms with Gasteiger partial charge in [0, 0.05) is 17.1 Å². The first-order valence-electron chi connectivity index (χ1n) is 6.02. The van der Waals surface area contributed by atoms with Crippen molar-refractivity contribution in [3.63, 3.8) is 0 Å². The molecule has 1 aromatic carbocycles. The minimum atomic E-state index is -3.76. The third-order valence-electron chi connectivity index (χ3n) is 3.27. The van der Waals surface area contributed by atoms with Crippen LogP contribution in [0.15, 0.2) is 24.3 Å². The molecule has 20 heavy (non-hydrogen) atoms. The van der Waals surface area contributed by atoms with E-state index in [9.17, 15) is 18.4 Å². The summed E-state index contributed by atoms with van der Waals surface area (Å²) in [6, 6.07) is 3.46. The van der Waals surface area contributed by atoms with Crippen LogP contribution in [0.2, 0.25) is 5.02 Å². The number of carboxylic acids is 1. The number of carboxylic acid groups (broad SMARTS) is 1. The Kier molecular flexibility index (Phi) is 3.94. The fourth-order valence-electron chi connectivity index (χ4n) is 2.23. The molecule has 0 radical (unpaired) electrons. The van der Waals surface area contributed by atoms with Crippen LogP contribution < -0.4 is 0 Å². The third-order valence-corrected chi connectivity index (χ3v) is 3.53. The normalized spacial score (nSPS) is 19.1. The van der Waals surface area contributed by atoms with Crippen LogP contribution >= 0.6 is 11.6 Å². The van der Waals surface area contributed by atoms with Gasteiger partial charge in [-0.25, -0.2) is 4.79 Å². The maximum atomic E-state index is 14.1. The van der Waals surface area contributed by atoms with Crippen LogP contribution in [0.1, 0.15) is 18.4 Å². The van der Waals surface area contributed by atoms with Gasteiger partial charge >= 0.3 is 11.9 Å². The molecular formula is C13H12ClF2NO3. The van der Waals surface area contributed by atoms with Crippen LogP contribution in [-0.4, -0.2) is 34.5 Å². The zero-order valence-corrected chi connectivity index (χ0v) is 11.1. The van der Waals surface area contributed by atoms with E-state index in [0.717, 1.165) is 17.0 Å².